The van der Waals surface area contributed by atoms with E-state index in [1.165, 1.54) is 6.07 Å². The number of aromatic nitrogens is 2. The van der Waals surface area contributed by atoms with E-state index in [1.807, 2.05) is 0 Å². The molecule has 0 saturated carbocycles. The van der Waals surface area contributed by atoms with Crippen LogP contribution in [0.3, 0.4) is 0 Å². The number of hydrogen-bond acceptors (Lipinski definition) is 6. The van der Waals surface area contributed by atoms with Crippen molar-refractivity contribution in [1.82, 2.24) is 10.1 Å². The summed E-state index contributed by atoms with van der Waals surface area (Å²) in [6.45, 7) is 0. The molecule has 1 aromatic carbocycles. The normalized spacial score (nSPS) is 11.4. The summed E-state index contributed by atoms with van der Waals surface area (Å²) in [5.41, 5.74) is 0.466. The van der Waals surface area contributed by atoms with E-state index in [4.69, 9.17) is 16.7 Å². The van der Waals surface area contributed by atoms with Crippen LogP contribution in [-0.2, 0) is 14.6 Å². The number of halogens is 1. The fourth-order valence-corrected chi connectivity index (χ4v) is 2.32. The number of rotatable bonds is 4. The van der Waals surface area contributed by atoms with Gasteiger partial charge in [0.2, 0.25) is 15.7 Å². The summed E-state index contributed by atoms with van der Waals surface area (Å²) < 4.78 is 27.7. The highest BCUT2D eigenvalue weighted by molar-refractivity contribution is 7.91. The number of carbonyl (C=O) groups is 1. The summed E-state index contributed by atoms with van der Waals surface area (Å²) in [7, 11) is -4.13. The second kappa shape index (κ2) is 4.98. The first-order valence-corrected chi connectivity index (χ1v) is 6.96. The Balaban J connectivity index is 2.37. The van der Waals surface area contributed by atoms with E-state index in [1.54, 1.807) is 18.2 Å². The molecule has 9 heteroatoms. The molecule has 7 nitrogen and oxygen atoms in total. The summed E-state index contributed by atoms with van der Waals surface area (Å²) in [6.07, 6.45) is 0. The number of aliphatic carboxylic acids is 1. The third kappa shape index (κ3) is 3.09. The van der Waals surface area contributed by atoms with Gasteiger partial charge in [-0.1, -0.05) is 28.9 Å². The number of carboxylic acid groups (broad SMARTS) is 1. The highest BCUT2D eigenvalue weighted by atomic mass is 35.5. The van der Waals surface area contributed by atoms with Crippen molar-refractivity contribution in [1.29, 1.82) is 0 Å². The Morgan fingerprint density at radius 1 is 1.42 bits per heavy atom. The Labute approximate surface area is 112 Å². The fourth-order valence-electron chi connectivity index (χ4n) is 1.31. The van der Waals surface area contributed by atoms with Crippen molar-refractivity contribution in [2.45, 2.75) is 5.22 Å². The lowest BCUT2D eigenvalue weighted by Gasteiger charge is -1.94. The summed E-state index contributed by atoms with van der Waals surface area (Å²) in [4.78, 5) is 14.1. The van der Waals surface area contributed by atoms with E-state index in [0.717, 1.165) is 0 Å². The van der Waals surface area contributed by atoms with Crippen molar-refractivity contribution in [2.75, 3.05) is 5.75 Å². The molecule has 0 aliphatic rings. The molecule has 1 aromatic heterocycles. The lowest BCUT2D eigenvalue weighted by Crippen LogP contribution is -2.15. The van der Waals surface area contributed by atoms with E-state index in [9.17, 15) is 13.2 Å². The molecule has 1 heterocycles. The van der Waals surface area contributed by atoms with Crippen LogP contribution in [0.15, 0.2) is 34.0 Å². The van der Waals surface area contributed by atoms with Gasteiger partial charge in [-0.05, 0) is 12.1 Å². The average molecular weight is 303 g/mol. The van der Waals surface area contributed by atoms with Crippen LogP contribution in [0.25, 0.3) is 11.4 Å². The highest BCUT2D eigenvalue weighted by Crippen LogP contribution is 2.21. The number of nitrogens with zero attached hydrogens (tertiary/aromatic N) is 2. The van der Waals surface area contributed by atoms with Gasteiger partial charge < -0.3 is 9.63 Å². The number of hydrogen-bond donors (Lipinski definition) is 1. The van der Waals surface area contributed by atoms with Gasteiger partial charge in [0.15, 0.2) is 5.75 Å². The summed E-state index contributed by atoms with van der Waals surface area (Å²) in [6, 6.07) is 6.41. The fraction of sp³-hybridized carbons (Fsp3) is 0.100. The van der Waals surface area contributed by atoms with Crippen molar-refractivity contribution in [2.24, 2.45) is 0 Å². The van der Waals surface area contributed by atoms with Crippen LogP contribution in [0.4, 0.5) is 0 Å². The molecule has 0 saturated heterocycles. The molecule has 0 aliphatic carbocycles. The number of carboxylic acids is 1. The zero-order valence-corrected chi connectivity index (χ0v) is 10.8. The molecule has 0 aliphatic heterocycles. The Kier molecular flexibility index (Phi) is 3.54. The van der Waals surface area contributed by atoms with Crippen LogP contribution in [0.1, 0.15) is 0 Å². The van der Waals surface area contributed by atoms with E-state index in [2.05, 4.69) is 14.7 Å². The van der Waals surface area contributed by atoms with Crippen molar-refractivity contribution >= 4 is 27.4 Å². The third-order valence-electron chi connectivity index (χ3n) is 2.07. The third-order valence-corrected chi connectivity index (χ3v) is 3.63. The molecule has 1 N–H and O–H groups in total. The molecule has 0 amide bonds. The first-order valence-electron chi connectivity index (χ1n) is 4.93. The van der Waals surface area contributed by atoms with Gasteiger partial charge in [-0.25, -0.2) is 8.42 Å². The molecule has 0 spiro atoms. The molecular weight excluding hydrogens is 296 g/mol. The van der Waals surface area contributed by atoms with Gasteiger partial charge in [-0.15, -0.1) is 0 Å². The summed E-state index contributed by atoms with van der Waals surface area (Å²) in [5.74, 6) is -2.58. The molecule has 0 fully saturated rings. The van der Waals surface area contributed by atoms with Gasteiger partial charge in [0.1, 0.15) is 0 Å². The van der Waals surface area contributed by atoms with Gasteiger partial charge in [0, 0.05) is 10.6 Å². The molecular formula is C10H7ClN2O5S. The predicted molar refractivity (Wildman–Crippen MR) is 64.4 cm³/mol. The Hall–Kier alpha value is -1.93. The Morgan fingerprint density at radius 2 is 2.16 bits per heavy atom. The van der Waals surface area contributed by atoms with Crippen LogP contribution in [0.2, 0.25) is 5.02 Å². The van der Waals surface area contributed by atoms with Crippen LogP contribution in [-0.4, -0.2) is 35.4 Å². The van der Waals surface area contributed by atoms with Crippen molar-refractivity contribution in [3.8, 4) is 11.4 Å². The van der Waals surface area contributed by atoms with Gasteiger partial charge in [0.05, 0.1) is 0 Å². The second-order valence-electron chi connectivity index (χ2n) is 3.55. The second-order valence-corrected chi connectivity index (χ2v) is 5.85. The van der Waals surface area contributed by atoms with Crippen LogP contribution < -0.4 is 0 Å². The SMILES string of the molecule is O=C(O)CS(=O)(=O)c1nc(-c2cccc(Cl)c2)no1. The molecule has 19 heavy (non-hydrogen) atoms. The highest BCUT2D eigenvalue weighted by Gasteiger charge is 2.26. The quantitative estimate of drug-likeness (QED) is 0.904. The van der Waals surface area contributed by atoms with Crippen molar-refractivity contribution in [3.05, 3.63) is 29.3 Å². The molecule has 2 rings (SSSR count). The van der Waals surface area contributed by atoms with Crippen LogP contribution in [0, 0.1) is 0 Å². The lowest BCUT2D eigenvalue weighted by molar-refractivity contribution is -0.134. The van der Waals surface area contributed by atoms with Gasteiger partial charge in [0.25, 0.3) is 0 Å². The largest absolute Gasteiger partial charge is 0.480 e. The van der Waals surface area contributed by atoms with Gasteiger partial charge in [-0.3, -0.25) is 4.79 Å². The minimum absolute atomic E-state index is 0.0199. The maximum Gasteiger partial charge on any atom is 0.343 e. The van der Waals surface area contributed by atoms with E-state index in [-0.39, 0.29) is 5.82 Å². The van der Waals surface area contributed by atoms with E-state index in [0.29, 0.717) is 10.6 Å². The Morgan fingerprint density at radius 3 is 2.79 bits per heavy atom. The average Bonchev–Trinajstić information content (AvgIpc) is 2.77. The molecule has 0 unspecified atom stereocenters. The molecule has 0 atom stereocenters. The zero-order valence-electron chi connectivity index (χ0n) is 9.28. The molecule has 0 bridgehead atoms. The van der Waals surface area contributed by atoms with E-state index >= 15 is 0 Å². The molecule has 100 valence electrons. The standard InChI is InChI=1S/C10H7ClN2O5S/c11-7-3-1-2-6(4-7)9-12-10(18-13-9)19(16,17)5-8(14)15/h1-4H,5H2,(H,14,15). The topological polar surface area (TPSA) is 110 Å². The monoisotopic (exact) mass is 302 g/mol. The molecule has 0 radical (unpaired) electrons. The van der Waals surface area contributed by atoms with Crippen molar-refractivity contribution < 1.29 is 22.8 Å². The predicted octanol–water partition coefficient (Wildman–Crippen LogP) is 1.25. The summed E-state index contributed by atoms with van der Waals surface area (Å²) in [5, 5.41) is 11.7. The van der Waals surface area contributed by atoms with Crippen LogP contribution >= 0.6 is 11.6 Å². The van der Waals surface area contributed by atoms with Gasteiger partial charge >= 0.3 is 11.2 Å². The van der Waals surface area contributed by atoms with E-state index < -0.39 is 26.8 Å². The smallest absolute Gasteiger partial charge is 0.343 e. The summed E-state index contributed by atoms with van der Waals surface area (Å²) >= 11 is 5.78. The molecule has 2 aromatic rings. The first-order chi connectivity index (χ1) is 8.88. The minimum Gasteiger partial charge on any atom is -0.480 e. The maximum absolute atomic E-state index is 11.6. The van der Waals surface area contributed by atoms with Gasteiger partial charge in [-0.2, -0.15) is 4.98 Å². The van der Waals surface area contributed by atoms with Crippen LogP contribution in [0.5, 0.6) is 0 Å². The number of benzene rings is 1. The maximum atomic E-state index is 11.6. The Bertz CT molecular complexity index is 725. The lowest BCUT2D eigenvalue weighted by atomic mass is 10.2. The van der Waals surface area contributed by atoms with Crippen molar-refractivity contribution in [3.63, 3.8) is 0 Å². The number of sulfone groups is 1. The zero-order chi connectivity index (χ0) is 14.0. The first kappa shape index (κ1) is 13.5. The minimum atomic E-state index is -4.13.